The van der Waals surface area contributed by atoms with Crippen LogP contribution < -0.4 is 11.1 Å². The number of hydrogen-bond donors (Lipinski definition) is 3. The summed E-state index contributed by atoms with van der Waals surface area (Å²) in [6.45, 7) is 3.68. The highest BCUT2D eigenvalue weighted by Gasteiger charge is 2.38. The Morgan fingerprint density at radius 1 is 1.10 bits per heavy atom. The van der Waals surface area contributed by atoms with E-state index < -0.39 is 5.54 Å². The predicted octanol–water partition coefficient (Wildman–Crippen LogP) is 3.28. The maximum Gasteiger partial charge on any atom is 0.252 e. The van der Waals surface area contributed by atoms with Crippen molar-refractivity contribution in [2.24, 2.45) is 5.73 Å². The number of imidazole rings is 1. The molecule has 0 atom stereocenters. The molecule has 3 aromatic rings. The van der Waals surface area contributed by atoms with Gasteiger partial charge in [-0.2, -0.15) is 0 Å². The van der Waals surface area contributed by atoms with Crippen molar-refractivity contribution < 1.29 is 9.53 Å². The molecule has 6 nitrogen and oxygen atoms in total. The number of ether oxygens (including phenoxy) is 1. The monoisotopic (exact) mass is 390 g/mol. The quantitative estimate of drug-likeness (QED) is 0.623. The number of aromatic amines is 1. The number of rotatable bonds is 5. The summed E-state index contributed by atoms with van der Waals surface area (Å²) in [5.41, 5.74) is 10.00. The highest BCUT2D eigenvalue weighted by molar-refractivity contribution is 5.95. The molecule has 0 radical (unpaired) electrons. The first-order valence-electron chi connectivity index (χ1n) is 9.91. The first kappa shape index (κ1) is 19.4. The third-order valence-corrected chi connectivity index (χ3v) is 5.53. The van der Waals surface area contributed by atoms with E-state index in [-0.39, 0.29) is 5.91 Å². The second kappa shape index (κ2) is 8.19. The maximum atomic E-state index is 13.0. The molecule has 0 unspecified atom stereocenters. The molecule has 1 saturated heterocycles. The van der Waals surface area contributed by atoms with Crippen molar-refractivity contribution in [1.29, 1.82) is 0 Å². The Hall–Kier alpha value is -2.96. The van der Waals surface area contributed by atoms with Crippen LogP contribution in [0.5, 0.6) is 0 Å². The Kier molecular flexibility index (Phi) is 5.47. The number of carbonyl (C=O) groups is 1. The lowest BCUT2D eigenvalue weighted by Gasteiger charge is -2.36. The molecule has 4 rings (SSSR count). The number of nitrogens with zero attached hydrogens (tertiary/aromatic N) is 1. The van der Waals surface area contributed by atoms with Gasteiger partial charge in [-0.3, -0.25) is 4.79 Å². The molecule has 6 heteroatoms. The summed E-state index contributed by atoms with van der Waals surface area (Å²) in [5.74, 6) is 0.689. The number of hydrogen-bond acceptors (Lipinski definition) is 4. The number of nitrogens with one attached hydrogen (secondary N) is 2. The van der Waals surface area contributed by atoms with Crippen LogP contribution >= 0.6 is 0 Å². The summed E-state index contributed by atoms with van der Waals surface area (Å²) in [5, 5.41) is 3.23. The van der Waals surface area contributed by atoms with Crippen LogP contribution in [0.2, 0.25) is 0 Å². The Labute approximate surface area is 170 Å². The van der Waals surface area contributed by atoms with E-state index in [1.165, 1.54) is 0 Å². The minimum Gasteiger partial charge on any atom is -0.381 e. The number of nitrogens with two attached hydrogens (primary N) is 1. The van der Waals surface area contributed by atoms with Gasteiger partial charge in [-0.15, -0.1) is 0 Å². The van der Waals surface area contributed by atoms with Crippen LogP contribution in [0.15, 0.2) is 54.7 Å². The number of amides is 1. The van der Waals surface area contributed by atoms with Crippen LogP contribution in [-0.4, -0.2) is 29.1 Å². The van der Waals surface area contributed by atoms with E-state index in [0.29, 0.717) is 38.2 Å². The van der Waals surface area contributed by atoms with Crippen molar-refractivity contribution in [2.45, 2.75) is 31.8 Å². The van der Waals surface area contributed by atoms with E-state index in [4.69, 9.17) is 10.5 Å². The Morgan fingerprint density at radius 3 is 2.28 bits per heavy atom. The number of aromatic nitrogens is 2. The van der Waals surface area contributed by atoms with Gasteiger partial charge in [0.15, 0.2) is 0 Å². The third-order valence-electron chi connectivity index (χ3n) is 5.53. The van der Waals surface area contributed by atoms with Crippen molar-refractivity contribution in [1.82, 2.24) is 15.3 Å². The second-order valence-electron chi connectivity index (χ2n) is 7.54. The summed E-state index contributed by atoms with van der Waals surface area (Å²) in [7, 11) is 0. The van der Waals surface area contributed by atoms with Gasteiger partial charge in [0.2, 0.25) is 0 Å². The molecule has 1 aliphatic heterocycles. The number of aryl methyl sites for hydroxylation is 1. The lowest BCUT2D eigenvalue weighted by Crippen LogP contribution is -2.50. The maximum absolute atomic E-state index is 13.0. The fourth-order valence-corrected chi connectivity index (χ4v) is 3.73. The molecule has 1 fully saturated rings. The summed E-state index contributed by atoms with van der Waals surface area (Å²) in [6.07, 6.45) is 3.18. The van der Waals surface area contributed by atoms with Crippen LogP contribution in [0.3, 0.4) is 0 Å². The van der Waals surface area contributed by atoms with Crippen molar-refractivity contribution in [2.75, 3.05) is 13.2 Å². The Bertz CT molecular complexity index is 971. The normalized spacial score (nSPS) is 15.8. The molecule has 1 amide bonds. The lowest BCUT2D eigenvalue weighted by molar-refractivity contribution is 0.0316. The molecule has 150 valence electrons. The van der Waals surface area contributed by atoms with Crippen LogP contribution in [0.1, 0.15) is 40.3 Å². The average Bonchev–Trinajstić information content (AvgIpc) is 3.22. The van der Waals surface area contributed by atoms with Crippen molar-refractivity contribution in [3.63, 3.8) is 0 Å². The molecule has 29 heavy (non-hydrogen) atoms. The van der Waals surface area contributed by atoms with E-state index in [1.54, 1.807) is 6.20 Å². The fourth-order valence-electron chi connectivity index (χ4n) is 3.73. The first-order chi connectivity index (χ1) is 14.1. The molecule has 0 bridgehead atoms. The van der Waals surface area contributed by atoms with Gasteiger partial charge in [0.05, 0.1) is 0 Å². The second-order valence-corrected chi connectivity index (χ2v) is 7.54. The SMILES string of the molecule is Cc1cnc(C2(NC(=O)c3ccc(-c4ccc(CN)cc4)cc3)CCOCC2)[nH]1. The molecule has 4 N–H and O–H groups in total. The van der Waals surface area contributed by atoms with Crippen LogP contribution in [0.25, 0.3) is 11.1 Å². The largest absolute Gasteiger partial charge is 0.381 e. The summed E-state index contributed by atoms with van der Waals surface area (Å²) >= 11 is 0. The Balaban J connectivity index is 1.53. The van der Waals surface area contributed by atoms with E-state index in [2.05, 4.69) is 15.3 Å². The minimum absolute atomic E-state index is 0.106. The van der Waals surface area contributed by atoms with Gasteiger partial charge < -0.3 is 20.8 Å². The summed E-state index contributed by atoms with van der Waals surface area (Å²) in [4.78, 5) is 20.8. The number of H-pyrrole nitrogens is 1. The van der Waals surface area contributed by atoms with Gasteiger partial charge in [0.25, 0.3) is 5.91 Å². The van der Waals surface area contributed by atoms with E-state index in [9.17, 15) is 4.79 Å². The van der Waals surface area contributed by atoms with Crippen LogP contribution in [-0.2, 0) is 16.8 Å². The molecule has 1 aliphatic rings. The Morgan fingerprint density at radius 2 is 1.72 bits per heavy atom. The van der Waals surface area contributed by atoms with E-state index >= 15 is 0 Å². The molecule has 0 saturated carbocycles. The van der Waals surface area contributed by atoms with Gasteiger partial charge in [0.1, 0.15) is 11.4 Å². The molecular weight excluding hydrogens is 364 g/mol. The molecule has 0 aliphatic carbocycles. The standard InChI is InChI=1S/C23H26N4O2/c1-16-15-25-22(26-16)23(10-12-29-13-11-23)27-21(28)20-8-6-19(7-9-20)18-4-2-17(14-24)3-5-18/h2-9,15H,10-14,24H2,1H3,(H,25,26)(H,27,28). The van der Waals surface area contributed by atoms with Crippen LogP contribution in [0.4, 0.5) is 0 Å². The molecule has 0 spiro atoms. The van der Waals surface area contributed by atoms with Gasteiger partial charge >= 0.3 is 0 Å². The van der Waals surface area contributed by atoms with E-state index in [0.717, 1.165) is 28.2 Å². The lowest BCUT2D eigenvalue weighted by atomic mass is 9.88. The number of carbonyl (C=O) groups excluding carboxylic acids is 1. The fraction of sp³-hybridized carbons (Fsp3) is 0.304. The first-order valence-corrected chi connectivity index (χ1v) is 9.91. The minimum atomic E-state index is -0.527. The molecule has 2 aromatic carbocycles. The van der Waals surface area contributed by atoms with Crippen molar-refractivity contribution in [3.8, 4) is 11.1 Å². The predicted molar refractivity (Wildman–Crippen MR) is 112 cm³/mol. The van der Waals surface area contributed by atoms with Crippen molar-refractivity contribution >= 4 is 5.91 Å². The highest BCUT2D eigenvalue weighted by Crippen LogP contribution is 2.31. The topological polar surface area (TPSA) is 93.0 Å². The summed E-state index contributed by atoms with van der Waals surface area (Å²) < 4.78 is 5.52. The van der Waals surface area contributed by atoms with Crippen LogP contribution in [0, 0.1) is 6.92 Å². The summed E-state index contributed by atoms with van der Waals surface area (Å²) in [6, 6.07) is 15.8. The zero-order valence-corrected chi connectivity index (χ0v) is 16.6. The van der Waals surface area contributed by atoms with Crippen molar-refractivity contribution in [3.05, 3.63) is 77.4 Å². The molecule has 2 heterocycles. The van der Waals surface area contributed by atoms with Gasteiger partial charge in [0, 0.05) is 50.1 Å². The van der Waals surface area contributed by atoms with E-state index in [1.807, 2.05) is 55.5 Å². The van der Waals surface area contributed by atoms with Gasteiger partial charge in [-0.25, -0.2) is 4.98 Å². The highest BCUT2D eigenvalue weighted by atomic mass is 16.5. The molecular formula is C23H26N4O2. The van der Waals surface area contributed by atoms with Gasteiger partial charge in [-0.1, -0.05) is 36.4 Å². The third kappa shape index (κ3) is 4.09. The average molecular weight is 390 g/mol. The zero-order valence-electron chi connectivity index (χ0n) is 16.6. The smallest absolute Gasteiger partial charge is 0.252 e. The zero-order chi connectivity index (χ0) is 20.3. The van der Waals surface area contributed by atoms with Gasteiger partial charge in [-0.05, 0) is 35.7 Å². The number of benzene rings is 2. The molecule has 1 aromatic heterocycles.